The van der Waals surface area contributed by atoms with Gasteiger partial charge in [-0.3, -0.25) is 14.9 Å². The third-order valence-electron chi connectivity index (χ3n) is 4.07. The Kier molecular flexibility index (Phi) is 6.00. The summed E-state index contributed by atoms with van der Waals surface area (Å²) < 4.78 is 0. The number of carbonyl (C=O) groups is 2. The quantitative estimate of drug-likeness (QED) is 0.660. The van der Waals surface area contributed by atoms with E-state index in [1.54, 1.807) is 34.6 Å². The number of carboxylic acids is 1. The van der Waals surface area contributed by atoms with Crippen molar-refractivity contribution in [2.75, 3.05) is 0 Å². The normalized spacial score (nSPS) is 15.7. The van der Waals surface area contributed by atoms with Crippen molar-refractivity contribution in [2.24, 2.45) is 5.41 Å². The third kappa shape index (κ3) is 4.49. The molecule has 112 valence electrons. The SMILES string of the molecule is CCC(C)NC(=O)C(C)NC(C)(C)C(C)(C)C(=O)O. The topological polar surface area (TPSA) is 78.4 Å². The fourth-order valence-electron chi connectivity index (χ4n) is 1.52. The second-order valence-electron chi connectivity index (χ2n) is 6.24. The van der Waals surface area contributed by atoms with E-state index in [1.807, 2.05) is 13.8 Å². The Morgan fingerprint density at radius 2 is 1.63 bits per heavy atom. The number of nitrogens with one attached hydrogen (secondary N) is 2. The fourth-order valence-corrected chi connectivity index (χ4v) is 1.52. The minimum Gasteiger partial charge on any atom is -0.481 e. The van der Waals surface area contributed by atoms with Gasteiger partial charge in [-0.1, -0.05) is 6.92 Å². The Morgan fingerprint density at radius 3 is 2.00 bits per heavy atom. The van der Waals surface area contributed by atoms with Crippen LogP contribution >= 0.6 is 0 Å². The molecular formula is C14H28N2O3. The number of hydrogen-bond acceptors (Lipinski definition) is 3. The van der Waals surface area contributed by atoms with Crippen LogP contribution in [0.25, 0.3) is 0 Å². The molecule has 0 saturated heterocycles. The Morgan fingerprint density at radius 1 is 1.16 bits per heavy atom. The predicted molar refractivity (Wildman–Crippen MR) is 76.0 cm³/mol. The molecule has 3 N–H and O–H groups in total. The van der Waals surface area contributed by atoms with E-state index >= 15 is 0 Å². The number of aliphatic carboxylic acids is 1. The molecule has 5 heteroatoms. The Hall–Kier alpha value is -1.10. The zero-order valence-electron chi connectivity index (χ0n) is 13.1. The van der Waals surface area contributed by atoms with E-state index in [9.17, 15) is 14.7 Å². The molecule has 0 radical (unpaired) electrons. The summed E-state index contributed by atoms with van der Waals surface area (Å²) in [6, 6.07) is -0.324. The maximum absolute atomic E-state index is 12.0. The van der Waals surface area contributed by atoms with Gasteiger partial charge in [-0.05, 0) is 48.0 Å². The lowest BCUT2D eigenvalue weighted by atomic mass is 9.74. The lowest BCUT2D eigenvalue weighted by Gasteiger charge is -2.40. The van der Waals surface area contributed by atoms with Crippen LogP contribution in [-0.4, -0.2) is 34.6 Å². The average molecular weight is 272 g/mol. The molecule has 0 aromatic rings. The molecule has 0 saturated carbocycles. The molecule has 0 aliphatic rings. The molecule has 0 spiro atoms. The Labute approximate surface area is 116 Å². The Balaban J connectivity index is 4.75. The molecule has 0 aliphatic heterocycles. The van der Waals surface area contributed by atoms with E-state index in [-0.39, 0.29) is 11.9 Å². The molecular weight excluding hydrogens is 244 g/mol. The van der Waals surface area contributed by atoms with Crippen LogP contribution in [0.1, 0.15) is 54.9 Å². The Bertz CT molecular complexity index is 338. The molecule has 19 heavy (non-hydrogen) atoms. The molecule has 5 nitrogen and oxygen atoms in total. The van der Waals surface area contributed by atoms with Crippen LogP contribution < -0.4 is 10.6 Å². The van der Waals surface area contributed by atoms with Crippen LogP contribution in [0.2, 0.25) is 0 Å². The molecule has 0 heterocycles. The first-order valence-electron chi connectivity index (χ1n) is 6.77. The molecule has 0 aromatic heterocycles. The van der Waals surface area contributed by atoms with Gasteiger partial charge in [0, 0.05) is 11.6 Å². The van der Waals surface area contributed by atoms with Crippen molar-refractivity contribution in [3.63, 3.8) is 0 Å². The zero-order chi connectivity index (χ0) is 15.4. The number of carboxylic acid groups (broad SMARTS) is 1. The molecule has 2 atom stereocenters. The van der Waals surface area contributed by atoms with Crippen molar-refractivity contribution in [1.82, 2.24) is 10.6 Å². The van der Waals surface area contributed by atoms with Crippen molar-refractivity contribution in [3.05, 3.63) is 0 Å². The molecule has 0 aliphatic carbocycles. The minimum absolute atomic E-state index is 0.108. The van der Waals surface area contributed by atoms with Gasteiger partial charge in [0.25, 0.3) is 0 Å². The van der Waals surface area contributed by atoms with E-state index in [1.165, 1.54) is 0 Å². The molecule has 0 aromatic carbocycles. The van der Waals surface area contributed by atoms with Gasteiger partial charge in [-0.15, -0.1) is 0 Å². The van der Waals surface area contributed by atoms with Crippen molar-refractivity contribution < 1.29 is 14.7 Å². The van der Waals surface area contributed by atoms with E-state index in [0.717, 1.165) is 6.42 Å². The van der Waals surface area contributed by atoms with E-state index in [0.29, 0.717) is 0 Å². The highest BCUT2D eigenvalue weighted by Crippen LogP contribution is 2.31. The first-order valence-corrected chi connectivity index (χ1v) is 6.77. The number of rotatable bonds is 7. The van der Waals surface area contributed by atoms with Gasteiger partial charge < -0.3 is 10.4 Å². The molecule has 0 bridgehead atoms. The van der Waals surface area contributed by atoms with Crippen LogP contribution in [0.15, 0.2) is 0 Å². The summed E-state index contributed by atoms with van der Waals surface area (Å²) in [6.45, 7) is 12.6. The summed E-state index contributed by atoms with van der Waals surface area (Å²) in [6.07, 6.45) is 0.864. The van der Waals surface area contributed by atoms with Gasteiger partial charge in [0.15, 0.2) is 0 Å². The number of amides is 1. The van der Waals surface area contributed by atoms with Crippen LogP contribution in [0, 0.1) is 5.41 Å². The van der Waals surface area contributed by atoms with Crippen molar-refractivity contribution in [1.29, 1.82) is 0 Å². The van der Waals surface area contributed by atoms with Crippen LogP contribution in [0.4, 0.5) is 0 Å². The van der Waals surface area contributed by atoms with Gasteiger partial charge in [0.1, 0.15) is 0 Å². The average Bonchev–Trinajstić information content (AvgIpc) is 2.27. The molecule has 0 rings (SSSR count). The van der Waals surface area contributed by atoms with Crippen molar-refractivity contribution in [3.8, 4) is 0 Å². The maximum atomic E-state index is 12.0. The lowest BCUT2D eigenvalue weighted by molar-refractivity contribution is -0.151. The highest BCUT2D eigenvalue weighted by atomic mass is 16.4. The maximum Gasteiger partial charge on any atom is 0.310 e. The second kappa shape index (κ2) is 6.37. The van der Waals surface area contributed by atoms with Crippen LogP contribution in [-0.2, 0) is 9.59 Å². The first kappa shape index (κ1) is 17.9. The summed E-state index contributed by atoms with van der Waals surface area (Å²) >= 11 is 0. The first-order chi connectivity index (χ1) is 8.45. The van der Waals surface area contributed by atoms with E-state index < -0.39 is 23.0 Å². The smallest absolute Gasteiger partial charge is 0.310 e. The third-order valence-corrected chi connectivity index (χ3v) is 4.07. The highest BCUT2D eigenvalue weighted by Gasteiger charge is 2.44. The predicted octanol–water partition coefficient (Wildman–Crippen LogP) is 1.77. The van der Waals surface area contributed by atoms with Crippen molar-refractivity contribution >= 4 is 11.9 Å². The molecule has 1 amide bonds. The summed E-state index contributed by atoms with van der Waals surface area (Å²) in [5, 5.41) is 15.3. The van der Waals surface area contributed by atoms with Gasteiger partial charge in [0.2, 0.25) is 5.91 Å². The van der Waals surface area contributed by atoms with Gasteiger partial charge in [0.05, 0.1) is 11.5 Å². The monoisotopic (exact) mass is 272 g/mol. The van der Waals surface area contributed by atoms with Gasteiger partial charge >= 0.3 is 5.97 Å². The standard InChI is InChI=1S/C14H28N2O3/c1-8-9(2)15-11(17)10(3)16-14(6,7)13(4,5)12(18)19/h9-10,16H,8H2,1-7H3,(H,15,17)(H,18,19). The lowest BCUT2D eigenvalue weighted by Crippen LogP contribution is -2.60. The van der Waals surface area contributed by atoms with Crippen LogP contribution in [0.5, 0.6) is 0 Å². The van der Waals surface area contributed by atoms with E-state index in [4.69, 9.17) is 0 Å². The summed E-state index contributed by atoms with van der Waals surface area (Å²) in [5.41, 5.74) is -1.68. The van der Waals surface area contributed by atoms with Gasteiger partial charge in [-0.25, -0.2) is 0 Å². The summed E-state index contributed by atoms with van der Waals surface area (Å²) in [5.74, 6) is -0.997. The largest absolute Gasteiger partial charge is 0.481 e. The van der Waals surface area contributed by atoms with Crippen molar-refractivity contribution in [2.45, 2.75) is 72.5 Å². The summed E-state index contributed by atoms with van der Waals surface area (Å²) in [4.78, 5) is 23.3. The summed E-state index contributed by atoms with van der Waals surface area (Å²) in [7, 11) is 0. The van der Waals surface area contributed by atoms with Gasteiger partial charge in [-0.2, -0.15) is 0 Å². The minimum atomic E-state index is -0.974. The molecule has 2 unspecified atom stereocenters. The second-order valence-corrected chi connectivity index (χ2v) is 6.24. The highest BCUT2D eigenvalue weighted by molar-refractivity contribution is 5.82. The van der Waals surface area contributed by atoms with E-state index in [2.05, 4.69) is 10.6 Å². The fraction of sp³-hybridized carbons (Fsp3) is 0.857. The number of carbonyl (C=O) groups excluding carboxylic acids is 1. The molecule has 0 fully saturated rings. The zero-order valence-corrected chi connectivity index (χ0v) is 13.1. The number of hydrogen-bond donors (Lipinski definition) is 3. The van der Waals surface area contributed by atoms with Crippen LogP contribution in [0.3, 0.4) is 0 Å².